The summed E-state index contributed by atoms with van der Waals surface area (Å²) in [5.74, 6) is 5.12. The van der Waals surface area contributed by atoms with Gasteiger partial charge in [0.2, 0.25) is 0 Å². The van der Waals surface area contributed by atoms with Crippen LogP contribution < -0.4 is 5.84 Å². The Bertz CT molecular complexity index is 1160. The van der Waals surface area contributed by atoms with Crippen molar-refractivity contribution in [2.75, 3.05) is 0 Å². The average molecular weight is 362 g/mol. The van der Waals surface area contributed by atoms with Crippen molar-refractivity contribution in [1.82, 2.24) is 4.57 Å². The van der Waals surface area contributed by atoms with Gasteiger partial charge in [0.05, 0.1) is 0 Å². The lowest BCUT2D eigenvalue weighted by Crippen LogP contribution is -2.00. The van der Waals surface area contributed by atoms with Crippen molar-refractivity contribution in [2.45, 2.75) is 6.54 Å². The maximum atomic E-state index is 7.96. The number of nitrogens with one attached hydrogen (secondary N) is 1. The predicted molar refractivity (Wildman–Crippen MR) is 106 cm³/mol. The molecular formula is C20H16ClN5. The molecule has 0 aliphatic carbocycles. The molecule has 4 aromatic rings. The first kappa shape index (κ1) is 16.3. The number of para-hydroxylation sites is 1. The first-order valence-electron chi connectivity index (χ1n) is 8.12. The van der Waals surface area contributed by atoms with E-state index in [1.54, 1.807) is 0 Å². The largest absolute Gasteiger partial charge is 0.336 e. The van der Waals surface area contributed by atoms with Gasteiger partial charge in [-0.15, -0.1) is 5.11 Å². The van der Waals surface area contributed by atoms with Crippen LogP contribution in [0, 0.1) is 5.41 Å². The van der Waals surface area contributed by atoms with Gasteiger partial charge < -0.3 is 10.4 Å². The molecule has 0 amide bonds. The molecule has 0 aliphatic heterocycles. The van der Waals surface area contributed by atoms with Gasteiger partial charge in [-0.05, 0) is 42.0 Å². The molecule has 0 saturated carbocycles. The lowest BCUT2D eigenvalue weighted by atomic mass is 10.1. The number of nitrogens with two attached hydrogens (primary N) is 1. The summed E-state index contributed by atoms with van der Waals surface area (Å²) in [7, 11) is 0. The molecule has 0 saturated heterocycles. The number of halogens is 1. The van der Waals surface area contributed by atoms with Crippen LogP contribution in [-0.2, 0) is 6.54 Å². The Labute approximate surface area is 155 Å². The van der Waals surface area contributed by atoms with Gasteiger partial charge in [0.15, 0.2) is 5.84 Å². The Kier molecular flexibility index (Phi) is 4.14. The van der Waals surface area contributed by atoms with Crippen LogP contribution in [0.1, 0.15) is 11.1 Å². The Balaban J connectivity index is 1.92. The lowest BCUT2D eigenvalue weighted by Gasteiger charge is -2.08. The highest BCUT2D eigenvalue weighted by atomic mass is 35.5. The number of nitrogens with zero attached hydrogens (tertiary/aromatic N) is 3. The maximum absolute atomic E-state index is 7.96. The van der Waals surface area contributed by atoms with Gasteiger partial charge in [0.1, 0.15) is 0 Å². The van der Waals surface area contributed by atoms with E-state index in [1.807, 2.05) is 48.5 Å². The van der Waals surface area contributed by atoms with Crippen molar-refractivity contribution in [3.05, 3.63) is 82.9 Å². The molecule has 0 unspecified atom stereocenters. The zero-order valence-electron chi connectivity index (χ0n) is 13.9. The van der Waals surface area contributed by atoms with Gasteiger partial charge in [0, 0.05) is 38.9 Å². The third-order valence-electron chi connectivity index (χ3n) is 4.43. The Morgan fingerprint density at radius 3 is 2.58 bits per heavy atom. The second-order valence-electron chi connectivity index (χ2n) is 6.03. The molecule has 0 radical (unpaired) electrons. The summed E-state index contributed by atoms with van der Waals surface area (Å²) in [6.45, 7) is 0.712. The molecule has 1 aromatic heterocycles. The van der Waals surface area contributed by atoms with E-state index in [9.17, 15) is 0 Å². The molecule has 1 heterocycles. The summed E-state index contributed by atoms with van der Waals surface area (Å²) < 4.78 is 2.26. The molecular weight excluding hydrogens is 346 g/mol. The van der Waals surface area contributed by atoms with Crippen molar-refractivity contribution in [3.63, 3.8) is 0 Å². The number of hydrogen-bond donors (Lipinski definition) is 2. The molecule has 0 fully saturated rings. The summed E-state index contributed by atoms with van der Waals surface area (Å²) in [4.78, 5) is 0. The molecule has 26 heavy (non-hydrogen) atoms. The number of rotatable bonds is 3. The highest BCUT2D eigenvalue weighted by molar-refractivity contribution is 6.30. The zero-order chi connectivity index (χ0) is 18.1. The third-order valence-corrected chi connectivity index (χ3v) is 4.67. The summed E-state index contributed by atoms with van der Waals surface area (Å²) >= 11 is 6.14. The molecule has 3 N–H and O–H groups in total. The molecule has 0 aliphatic rings. The van der Waals surface area contributed by atoms with E-state index in [-0.39, 0.29) is 5.84 Å². The summed E-state index contributed by atoms with van der Waals surface area (Å²) in [5, 5.41) is 17.7. The maximum Gasteiger partial charge on any atom is 0.176 e. The Hall–Kier alpha value is -3.18. The van der Waals surface area contributed by atoms with E-state index >= 15 is 0 Å². The van der Waals surface area contributed by atoms with Crippen LogP contribution in [0.15, 0.2) is 77.1 Å². The average Bonchev–Trinajstić information content (AvgIpc) is 2.96. The standard InChI is InChI=1S/C20H16ClN5/c21-15-5-3-4-13(10-15)12-26-18-7-2-1-6-16(18)17-11-14(8-9-19(17)26)20(22)24-25-23/h1-11H,12H2,(H3,22,23,24). The topological polar surface area (TPSA) is 79.5 Å². The molecule has 5 nitrogen and oxygen atoms in total. The molecule has 0 bridgehead atoms. The van der Waals surface area contributed by atoms with Gasteiger partial charge in [-0.1, -0.05) is 47.2 Å². The van der Waals surface area contributed by atoms with Crippen LogP contribution in [0.25, 0.3) is 21.8 Å². The molecule has 0 spiro atoms. The van der Waals surface area contributed by atoms with Crippen LogP contribution in [0.4, 0.5) is 0 Å². The van der Waals surface area contributed by atoms with E-state index in [2.05, 4.69) is 33.1 Å². The predicted octanol–water partition coefficient (Wildman–Crippen LogP) is 5.15. The molecule has 3 aromatic carbocycles. The fraction of sp³-hybridized carbons (Fsp3) is 0.0500. The van der Waals surface area contributed by atoms with E-state index in [4.69, 9.17) is 22.9 Å². The van der Waals surface area contributed by atoms with Gasteiger partial charge >= 0.3 is 0 Å². The van der Waals surface area contributed by atoms with Crippen molar-refractivity contribution in [2.24, 2.45) is 16.2 Å². The van der Waals surface area contributed by atoms with Crippen LogP contribution in [0.2, 0.25) is 5.02 Å². The number of aromatic nitrogens is 1. The van der Waals surface area contributed by atoms with E-state index in [0.717, 1.165) is 32.4 Å². The van der Waals surface area contributed by atoms with Crippen LogP contribution in [0.5, 0.6) is 0 Å². The summed E-state index contributed by atoms with van der Waals surface area (Å²) in [6, 6.07) is 22.0. The first-order valence-corrected chi connectivity index (χ1v) is 8.50. The van der Waals surface area contributed by atoms with Crippen molar-refractivity contribution < 1.29 is 0 Å². The fourth-order valence-corrected chi connectivity index (χ4v) is 3.52. The smallest absolute Gasteiger partial charge is 0.176 e. The van der Waals surface area contributed by atoms with Crippen LogP contribution in [-0.4, -0.2) is 10.4 Å². The monoisotopic (exact) mass is 361 g/mol. The molecule has 6 heteroatoms. The van der Waals surface area contributed by atoms with Gasteiger partial charge in [-0.25, -0.2) is 0 Å². The second-order valence-corrected chi connectivity index (χ2v) is 6.47. The number of fused-ring (bicyclic) bond motifs is 3. The summed E-state index contributed by atoms with van der Waals surface area (Å²) in [6.07, 6.45) is 0. The highest BCUT2D eigenvalue weighted by Gasteiger charge is 2.12. The molecule has 4 rings (SSSR count). The SMILES string of the molecule is N=C(N=NN)c1ccc2c(c1)c1ccccc1n2Cc1cccc(Cl)c1. The highest BCUT2D eigenvalue weighted by Crippen LogP contribution is 2.31. The van der Waals surface area contributed by atoms with Crippen molar-refractivity contribution in [1.29, 1.82) is 5.41 Å². The van der Waals surface area contributed by atoms with E-state index in [1.165, 1.54) is 0 Å². The van der Waals surface area contributed by atoms with Gasteiger partial charge in [-0.3, -0.25) is 5.41 Å². The van der Waals surface area contributed by atoms with Crippen LogP contribution in [0.3, 0.4) is 0 Å². The Morgan fingerprint density at radius 1 is 0.962 bits per heavy atom. The first-order chi connectivity index (χ1) is 12.7. The lowest BCUT2D eigenvalue weighted by molar-refractivity contribution is 0.869. The van der Waals surface area contributed by atoms with Gasteiger partial charge in [0.25, 0.3) is 0 Å². The zero-order valence-corrected chi connectivity index (χ0v) is 14.6. The summed E-state index contributed by atoms with van der Waals surface area (Å²) in [5.41, 5.74) is 4.03. The van der Waals surface area contributed by atoms with Crippen molar-refractivity contribution >= 4 is 39.2 Å². The third kappa shape index (κ3) is 2.82. The fourth-order valence-electron chi connectivity index (χ4n) is 3.30. The minimum absolute atomic E-state index is 0.0427. The number of hydrogen-bond acceptors (Lipinski definition) is 2. The van der Waals surface area contributed by atoms with E-state index in [0.29, 0.717) is 12.1 Å². The minimum atomic E-state index is 0.0427. The van der Waals surface area contributed by atoms with Crippen LogP contribution >= 0.6 is 11.6 Å². The number of amidine groups is 1. The van der Waals surface area contributed by atoms with E-state index < -0.39 is 0 Å². The van der Waals surface area contributed by atoms with Crippen molar-refractivity contribution in [3.8, 4) is 0 Å². The number of benzene rings is 3. The second kappa shape index (κ2) is 6.61. The normalized spacial score (nSPS) is 11.6. The van der Waals surface area contributed by atoms with Gasteiger partial charge in [-0.2, -0.15) is 0 Å². The molecule has 128 valence electrons. The molecule has 0 atom stereocenters. The Morgan fingerprint density at radius 2 is 1.77 bits per heavy atom. The minimum Gasteiger partial charge on any atom is -0.336 e. The quantitative estimate of drug-likeness (QED) is 0.171.